The number of aliphatic imine (C=N–C) groups is 1. The molecule has 102 valence electrons. The van der Waals surface area contributed by atoms with Crippen molar-refractivity contribution in [2.45, 2.75) is 45.2 Å². The maximum absolute atomic E-state index is 11.6. The summed E-state index contributed by atoms with van der Waals surface area (Å²) in [6.07, 6.45) is 6.32. The molecule has 0 saturated carbocycles. The van der Waals surface area contributed by atoms with E-state index in [9.17, 15) is 4.79 Å². The van der Waals surface area contributed by atoms with Gasteiger partial charge in [0.25, 0.3) is 0 Å². The lowest BCUT2D eigenvalue weighted by Gasteiger charge is -2.21. The summed E-state index contributed by atoms with van der Waals surface area (Å²) in [5.41, 5.74) is -0.203. The highest BCUT2D eigenvalue weighted by molar-refractivity contribution is 5.86. The Morgan fingerprint density at radius 2 is 1.94 bits per heavy atom. The second-order valence-electron chi connectivity index (χ2n) is 5.51. The van der Waals surface area contributed by atoms with Gasteiger partial charge in [0.1, 0.15) is 0 Å². The minimum atomic E-state index is -0.203. The molecule has 1 rings (SSSR count). The monoisotopic (exact) mass is 252 g/mol. The van der Waals surface area contributed by atoms with Gasteiger partial charge in [-0.1, -0.05) is 12.2 Å². The molecule has 18 heavy (non-hydrogen) atoms. The first-order chi connectivity index (χ1) is 8.40. The Bertz CT molecular complexity index is 333. The van der Waals surface area contributed by atoms with Gasteiger partial charge in [-0.25, -0.2) is 0 Å². The molecule has 0 aromatic carbocycles. The molecule has 0 bridgehead atoms. The second-order valence-corrected chi connectivity index (χ2v) is 5.51. The van der Waals surface area contributed by atoms with E-state index in [0.717, 1.165) is 12.8 Å². The minimum absolute atomic E-state index is 0.0324. The van der Waals surface area contributed by atoms with Gasteiger partial charge in [-0.3, -0.25) is 9.79 Å². The van der Waals surface area contributed by atoms with E-state index in [-0.39, 0.29) is 18.0 Å². The molecule has 5 heteroatoms. The number of hydrogen-bond donors (Lipinski definition) is 3. The Balaban J connectivity index is 2.29. The van der Waals surface area contributed by atoms with Crippen LogP contribution in [0.4, 0.5) is 0 Å². The lowest BCUT2D eigenvalue weighted by molar-refractivity contribution is -0.121. The SMILES string of the molecule is CN=C(NCC(=O)NC(C)(C)C)NC1CC=CC1. The van der Waals surface area contributed by atoms with Crippen LogP contribution in [0.15, 0.2) is 17.1 Å². The van der Waals surface area contributed by atoms with Gasteiger partial charge in [-0.15, -0.1) is 0 Å². The van der Waals surface area contributed by atoms with E-state index in [2.05, 4.69) is 33.1 Å². The Labute approximate surface area is 109 Å². The third kappa shape index (κ3) is 5.70. The summed E-state index contributed by atoms with van der Waals surface area (Å²) >= 11 is 0. The summed E-state index contributed by atoms with van der Waals surface area (Å²) in [6, 6.07) is 0.391. The summed E-state index contributed by atoms with van der Waals surface area (Å²) in [7, 11) is 1.71. The summed E-state index contributed by atoms with van der Waals surface area (Å²) < 4.78 is 0. The van der Waals surface area contributed by atoms with Crippen molar-refractivity contribution in [3.8, 4) is 0 Å². The van der Waals surface area contributed by atoms with Crippen LogP contribution in [-0.4, -0.2) is 37.0 Å². The molecule has 0 atom stereocenters. The lowest BCUT2D eigenvalue weighted by atomic mass is 10.1. The van der Waals surface area contributed by atoms with Crippen molar-refractivity contribution in [3.05, 3.63) is 12.2 Å². The highest BCUT2D eigenvalue weighted by Gasteiger charge is 2.15. The molecule has 1 aliphatic carbocycles. The summed E-state index contributed by atoms with van der Waals surface area (Å²) in [5.74, 6) is 0.641. The van der Waals surface area contributed by atoms with Crippen LogP contribution >= 0.6 is 0 Å². The van der Waals surface area contributed by atoms with Crippen molar-refractivity contribution in [1.29, 1.82) is 0 Å². The van der Waals surface area contributed by atoms with Crippen LogP contribution in [0.1, 0.15) is 33.6 Å². The number of hydrogen-bond acceptors (Lipinski definition) is 2. The molecule has 1 amide bonds. The first-order valence-corrected chi connectivity index (χ1v) is 6.34. The summed E-state index contributed by atoms with van der Waals surface area (Å²) in [6.45, 7) is 6.11. The number of guanidine groups is 1. The smallest absolute Gasteiger partial charge is 0.239 e. The van der Waals surface area contributed by atoms with E-state index < -0.39 is 0 Å². The van der Waals surface area contributed by atoms with Gasteiger partial charge < -0.3 is 16.0 Å². The number of nitrogens with zero attached hydrogens (tertiary/aromatic N) is 1. The first kappa shape index (κ1) is 14.5. The van der Waals surface area contributed by atoms with Gasteiger partial charge in [-0.05, 0) is 33.6 Å². The molecule has 0 aromatic rings. The van der Waals surface area contributed by atoms with Gasteiger partial charge in [0.15, 0.2) is 5.96 Å². The normalized spacial score (nSPS) is 16.8. The van der Waals surface area contributed by atoms with Crippen molar-refractivity contribution in [3.63, 3.8) is 0 Å². The molecule has 0 aliphatic heterocycles. The quantitative estimate of drug-likeness (QED) is 0.395. The van der Waals surface area contributed by atoms with Crippen LogP contribution in [0.25, 0.3) is 0 Å². The predicted octanol–water partition coefficient (Wildman–Crippen LogP) is 0.785. The molecular formula is C13H24N4O. The standard InChI is InChI=1S/C13H24N4O/c1-13(2,3)17-11(18)9-15-12(14-4)16-10-7-5-6-8-10/h5-6,10H,7-9H2,1-4H3,(H,17,18)(H2,14,15,16). The van der Waals surface area contributed by atoms with Crippen LogP contribution < -0.4 is 16.0 Å². The molecule has 0 radical (unpaired) electrons. The number of rotatable bonds is 3. The third-order valence-corrected chi connectivity index (χ3v) is 2.50. The number of nitrogens with one attached hydrogen (secondary N) is 3. The number of carbonyl (C=O) groups excluding carboxylic acids is 1. The molecule has 0 spiro atoms. The summed E-state index contributed by atoms with van der Waals surface area (Å²) in [5, 5.41) is 9.19. The molecule has 3 N–H and O–H groups in total. The average Bonchev–Trinajstić information content (AvgIpc) is 2.74. The Morgan fingerprint density at radius 3 is 2.44 bits per heavy atom. The van der Waals surface area contributed by atoms with E-state index in [0.29, 0.717) is 12.0 Å². The van der Waals surface area contributed by atoms with Crippen molar-refractivity contribution < 1.29 is 4.79 Å². The predicted molar refractivity (Wildman–Crippen MR) is 74.6 cm³/mol. The molecule has 0 unspecified atom stereocenters. The maximum atomic E-state index is 11.6. The van der Waals surface area contributed by atoms with Crippen LogP contribution in [0, 0.1) is 0 Å². The fourth-order valence-electron chi connectivity index (χ4n) is 1.75. The Kier molecular flexibility index (Phi) is 5.19. The second kappa shape index (κ2) is 6.42. The van der Waals surface area contributed by atoms with Crippen molar-refractivity contribution in [2.75, 3.05) is 13.6 Å². The number of amides is 1. The van der Waals surface area contributed by atoms with Gasteiger partial charge in [0.2, 0.25) is 5.91 Å². The Morgan fingerprint density at radius 1 is 1.33 bits per heavy atom. The van der Waals surface area contributed by atoms with Crippen LogP contribution in [0.3, 0.4) is 0 Å². The molecule has 0 fully saturated rings. The fourth-order valence-corrected chi connectivity index (χ4v) is 1.75. The Hall–Kier alpha value is -1.52. The largest absolute Gasteiger partial charge is 0.353 e. The fraction of sp³-hybridized carbons (Fsp3) is 0.692. The van der Waals surface area contributed by atoms with E-state index in [1.807, 2.05) is 20.8 Å². The summed E-state index contributed by atoms with van der Waals surface area (Å²) in [4.78, 5) is 15.8. The molecule has 1 aliphatic rings. The third-order valence-electron chi connectivity index (χ3n) is 2.50. The van der Waals surface area contributed by atoms with E-state index >= 15 is 0 Å². The van der Waals surface area contributed by atoms with Gasteiger partial charge >= 0.3 is 0 Å². The lowest BCUT2D eigenvalue weighted by Crippen LogP contribution is -2.49. The van der Waals surface area contributed by atoms with E-state index in [1.165, 1.54) is 0 Å². The van der Waals surface area contributed by atoms with Gasteiger partial charge in [0.05, 0.1) is 6.54 Å². The van der Waals surface area contributed by atoms with Crippen molar-refractivity contribution in [1.82, 2.24) is 16.0 Å². The van der Waals surface area contributed by atoms with E-state index in [1.54, 1.807) is 7.05 Å². The van der Waals surface area contributed by atoms with Crippen molar-refractivity contribution >= 4 is 11.9 Å². The molecular weight excluding hydrogens is 228 g/mol. The first-order valence-electron chi connectivity index (χ1n) is 6.34. The molecule has 0 aromatic heterocycles. The van der Waals surface area contributed by atoms with Gasteiger partial charge in [0, 0.05) is 18.6 Å². The number of carbonyl (C=O) groups is 1. The van der Waals surface area contributed by atoms with Crippen LogP contribution in [0.5, 0.6) is 0 Å². The molecule has 0 saturated heterocycles. The van der Waals surface area contributed by atoms with Gasteiger partial charge in [-0.2, -0.15) is 0 Å². The molecule has 5 nitrogen and oxygen atoms in total. The molecule has 0 heterocycles. The van der Waals surface area contributed by atoms with Crippen molar-refractivity contribution in [2.24, 2.45) is 4.99 Å². The van der Waals surface area contributed by atoms with Crippen LogP contribution in [-0.2, 0) is 4.79 Å². The topological polar surface area (TPSA) is 65.5 Å². The minimum Gasteiger partial charge on any atom is -0.353 e. The van der Waals surface area contributed by atoms with E-state index in [4.69, 9.17) is 0 Å². The highest BCUT2D eigenvalue weighted by Crippen LogP contribution is 2.08. The van der Waals surface area contributed by atoms with Crippen LogP contribution in [0.2, 0.25) is 0 Å². The average molecular weight is 252 g/mol. The maximum Gasteiger partial charge on any atom is 0.239 e. The zero-order valence-corrected chi connectivity index (χ0v) is 11.7. The highest BCUT2D eigenvalue weighted by atomic mass is 16.2. The zero-order valence-electron chi connectivity index (χ0n) is 11.7. The zero-order chi connectivity index (χ0) is 13.6.